The Balaban J connectivity index is 1.63. The number of nitrogens with zero attached hydrogens (tertiary/aromatic N) is 4. The van der Waals surface area contributed by atoms with Crippen LogP contribution in [0, 0.1) is 12.8 Å². The van der Waals surface area contributed by atoms with Gasteiger partial charge in [-0.2, -0.15) is 18.3 Å². The van der Waals surface area contributed by atoms with Gasteiger partial charge in [0.2, 0.25) is 0 Å². The first kappa shape index (κ1) is 23.8. The fraction of sp³-hybridized carbons (Fsp3) is 0.400. The Labute approximate surface area is 196 Å². The first-order valence-electron chi connectivity index (χ1n) is 11.3. The summed E-state index contributed by atoms with van der Waals surface area (Å²) >= 11 is 0. The van der Waals surface area contributed by atoms with Crippen LogP contribution < -0.4 is 5.32 Å². The maximum atomic E-state index is 13.8. The number of likely N-dealkylation sites (tertiary alicyclic amines) is 1. The molecule has 0 saturated carbocycles. The molecule has 1 N–H and O–H groups in total. The molecule has 34 heavy (non-hydrogen) atoms. The van der Waals surface area contributed by atoms with Crippen molar-refractivity contribution in [3.63, 3.8) is 0 Å². The van der Waals surface area contributed by atoms with Crippen LogP contribution in [0.1, 0.15) is 41.3 Å². The minimum Gasteiger partial charge on any atom is -0.367 e. The van der Waals surface area contributed by atoms with E-state index >= 15 is 0 Å². The molecule has 180 valence electrons. The van der Waals surface area contributed by atoms with Crippen molar-refractivity contribution in [2.75, 3.05) is 18.4 Å². The number of anilines is 1. The van der Waals surface area contributed by atoms with Crippen LogP contribution in [-0.2, 0) is 13.2 Å². The second kappa shape index (κ2) is 9.48. The van der Waals surface area contributed by atoms with E-state index in [9.17, 15) is 18.0 Å². The van der Waals surface area contributed by atoms with E-state index in [4.69, 9.17) is 0 Å². The number of pyridine rings is 1. The van der Waals surface area contributed by atoms with Crippen LogP contribution in [0.3, 0.4) is 0 Å². The molecule has 1 saturated heterocycles. The first-order valence-corrected chi connectivity index (χ1v) is 11.3. The molecule has 1 aliphatic rings. The number of piperidine rings is 1. The van der Waals surface area contributed by atoms with Gasteiger partial charge >= 0.3 is 6.18 Å². The van der Waals surface area contributed by atoms with Crippen molar-refractivity contribution in [2.24, 2.45) is 13.0 Å². The minimum atomic E-state index is -4.51. The number of carbonyl (C=O) groups excluding carboxylic acids is 1. The normalized spacial score (nSPS) is 18.7. The molecule has 1 amide bonds. The molecule has 4 rings (SSSR count). The van der Waals surface area contributed by atoms with Gasteiger partial charge in [0.05, 0.1) is 17.8 Å². The molecule has 0 aliphatic carbocycles. The van der Waals surface area contributed by atoms with Crippen molar-refractivity contribution in [2.45, 2.75) is 38.9 Å². The van der Waals surface area contributed by atoms with E-state index < -0.39 is 11.7 Å². The van der Waals surface area contributed by atoms with Gasteiger partial charge in [0.1, 0.15) is 5.82 Å². The Bertz CT molecular complexity index is 1170. The monoisotopic (exact) mass is 471 g/mol. The Morgan fingerprint density at radius 2 is 2.06 bits per heavy atom. The van der Waals surface area contributed by atoms with Gasteiger partial charge in [0.25, 0.3) is 5.91 Å². The average molecular weight is 472 g/mol. The largest absolute Gasteiger partial charge is 0.419 e. The molecular formula is C25H28F3N5O. The first-order chi connectivity index (χ1) is 16.1. The van der Waals surface area contributed by atoms with Crippen molar-refractivity contribution < 1.29 is 18.0 Å². The smallest absolute Gasteiger partial charge is 0.367 e. The molecule has 1 fully saturated rings. The van der Waals surface area contributed by atoms with Crippen LogP contribution in [0.4, 0.5) is 19.0 Å². The van der Waals surface area contributed by atoms with Gasteiger partial charge in [0, 0.05) is 43.7 Å². The second-order valence-electron chi connectivity index (χ2n) is 8.92. The van der Waals surface area contributed by atoms with Crippen LogP contribution in [0.25, 0.3) is 11.1 Å². The Morgan fingerprint density at radius 1 is 1.26 bits per heavy atom. The summed E-state index contributed by atoms with van der Waals surface area (Å²) in [6.45, 7) is 4.69. The molecule has 2 atom stereocenters. The highest BCUT2D eigenvalue weighted by molar-refractivity contribution is 6.01. The van der Waals surface area contributed by atoms with E-state index in [0.29, 0.717) is 12.1 Å². The molecule has 3 aromatic rings. The highest BCUT2D eigenvalue weighted by atomic mass is 19.4. The number of carbonyl (C=O) groups is 1. The SMILES string of the molecule is Cc1ccc(-c2cnn(C)c2)c(C(=O)N2CCC[C@@H](C)C2CNc2ncccc2C(F)(F)F)c1. The van der Waals surface area contributed by atoms with Gasteiger partial charge in [-0.05, 0) is 49.4 Å². The fourth-order valence-electron chi connectivity index (χ4n) is 4.59. The van der Waals surface area contributed by atoms with E-state index in [2.05, 4.69) is 15.4 Å². The standard InChI is InChI=1S/C25H28F3N5O/c1-16-8-9-19(18-13-31-32(3)15-18)20(12-16)24(34)33-11-5-6-17(2)22(33)14-30-23-21(25(26,27)28)7-4-10-29-23/h4,7-10,12-13,15,17,22H,5-6,11,14H2,1-3H3,(H,29,30)/t17-,22?/m1/s1. The van der Waals surface area contributed by atoms with Gasteiger partial charge in [-0.3, -0.25) is 9.48 Å². The number of rotatable bonds is 5. The number of hydrogen-bond acceptors (Lipinski definition) is 4. The molecule has 1 unspecified atom stereocenters. The number of alkyl halides is 3. The minimum absolute atomic E-state index is 0.120. The molecule has 0 radical (unpaired) electrons. The lowest BCUT2D eigenvalue weighted by Crippen LogP contribution is -2.51. The summed E-state index contributed by atoms with van der Waals surface area (Å²) < 4.78 is 41.9. The van der Waals surface area contributed by atoms with Crippen LogP contribution in [0.5, 0.6) is 0 Å². The van der Waals surface area contributed by atoms with Gasteiger partial charge in [-0.25, -0.2) is 4.98 Å². The lowest BCUT2D eigenvalue weighted by molar-refractivity contribution is -0.137. The van der Waals surface area contributed by atoms with E-state index in [-0.39, 0.29) is 30.2 Å². The maximum absolute atomic E-state index is 13.8. The van der Waals surface area contributed by atoms with E-state index in [1.54, 1.807) is 15.8 Å². The average Bonchev–Trinajstić information content (AvgIpc) is 3.23. The van der Waals surface area contributed by atoms with Crippen LogP contribution in [-0.4, -0.2) is 44.7 Å². The van der Waals surface area contributed by atoms with Crippen molar-refractivity contribution >= 4 is 11.7 Å². The van der Waals surface area contributed by atoms with E-state index in [0.717, 1.165) is 35.6 Å². The summed E-state index contributed by atoms with van der Waals surface area (Å²) in [4.78, 5) is 19.5. The van der Waals surface area contributed by atoms with Crippen molar-refractivity contribution in [1.82, 2.24) is 19.7 Å². The zero-order valence-electron chi connectivity index (χ0n) is 19.4. The van der Waals surface area contributed by atoms with Crippen molar-refractivity contribution in [3.05, 3.63) is 65.6 Å². The summed E-state index contributed by atoms with van der Waals surface area (Å²) in [7, 11) is 1.82. The van der Waals surface area contributed by atoms with Gasteiger partial charge < -0.3 is 10.2 Å². The summed E-state index contributed by atoms with van der Waals surface area (Å²) in [5.41, 5.74) is 2.35. The topological polar surface area (TPSA) is 63.1 Å². The summed E-state index contributed by atoms with van der Waals surface area (Å²) in [5.74, 6) is -0.223. The van der Waals surface area contributed by atoms with Gasteiger partial charge in [-0.15, -0.1) is 0 Å². The van der Waals surface area contributed by atoms with Crippen LogP contribution >= 0.6 is 0 Å². The fourth-order valence-corrected chi connectivity index (χ4v) is 4.59. The summed E-state index contributed by atoms with van der Waals surface area (Å²) in [6, 6.07) is 7.75. The third-order valence-corrected chi connectivity index (χ3v) is 6.39. The van der Waals surface area contributed by atoms with E-state index in [1.165, 1.54) is 12.3 Å². The van der Waals surface area contributed by atoms with Gasteiger partial charge in [0.15, 0.2) is 0 Å². The molecule has 6 nitrogen and oxygen atoms in total. The highest BCUT2D eigenvalue weighted by Gasteiger charge is 2.36. The van der Waals surface area contributed by atoms with Crippen molar-refractivity contribution in [3.8, 4) is 11.1 Å². The van der Waals surface area contributed by atoms with Crippen LogP contribution in [0.15, 0.2) is 48.9 Å². The lowest BCUT2D eigenvalue weighted by Gasteiger charge is -2.40. The van der Waals surface area contributed by atoms with Gasteiger partial charge in [-0.1, -0.05) is 24.6 Å². The predicted octanol–water partition coefficient (Wildman–Crippen LogP) is 5.16. The Kier molecular flexibility index (Phi) is 6.63. The van der Waals surface area contributed by atoms with Crippen LogP contribution in [0.2, 0.25) is 0 Å². The predicted molar refractivity (Wildman–Crippen MR) is 124 cm³/mol. The number of hydrogen-bond donors (Lipinski definition) is 1. The summed E-state index contributed by atoms with van der Waals surface area (Å²) in [5, 5.41) is 7.11. The molecule has 2 aromatic heterocycles. The Morgan fingerprint density at radius 3 is 2.76 bits per heavy atom. The number of amides is 1. The third-order valence-electron chi connectivity index (χ3n) is 6.39. The molecule has 1 aliphatic heterocycles. The number of halogens is 3. The summed E-state index contributed by atoms with van der Waals surface area (Å²) in [6.07, 6.45) is 2.14. The quantitative estimate of drug-likeness (QED) is 0.558. The van der Waals surface area contributed by atoms with Crippen molar-refractivity contribution in [1.29, 1.82) is 0 Å². The zero-order chi connectivity index (χ0) is 24.5. The Hall–Kier alpha value is -3.36. The third kappa shape index (κ3) is 4.93. The number of benzene rings is 1. The molecular weight excluding hydrogens is 443 g/mol. The number of aryl methyl sites for hydroxylation is 2. The number of nitrogens with one attached hydrogen (secondary N) is 1. The maximum Gasteiger partial charge on any atom is 0.419 e. The molecule has 1 aromatic carbocycles. The molecule has 3 heterocycles. The zero-order valence-corrected chi connectivity index (χ0v) is 19.4. The molecule has 0 bridgehead atoms. The lowest BCUT2D eigenvalue weighted by atomic mass is 9.89. The second-order valence-corrected chi connectivity index (χ2v) is 8.92. The molecule has 0 spiro atoms. The number of aromatic nitrogens is 3. The molecule has 9 heteroatoms. The van der Waals surface area contributed by atoms with E-state index in [1.807, 2.05) is 45.3 Å². The highest BCUT2D eigenvalue weighted by Crippen LogP contribution is 2.34.